The van der Waals surface area contributed by atoms with Crippen LogP contribution in [0.1, 0.15) is 207 Å². The summed E-state index contributed by atoms with van der Waals surface area (Å²) in [6.45, 7) is 6.31. The lowest BCUT2D eigenvalue weighted by Crippen LogP contribution is -2.30. The van der Waals surface area contributed by atoms with Gasteiger partial charge in [-0.1, -0.05) is 196 Å². The number of hydrogen-bond donors (Lipinski definition) is 0. The predicted octanol–water partition coefficient (Wildman–Crippen LogP) is 15.3. The van der Waals surface area contributed by atoms with Crippen molar-refractivity contribution in [1.29, 1.82) is 0 Å². The molecule has 0 aromatic carbocycles. The summed E-state index contributed by atoms with van der Waals surface area (Å²) in [5, 5.41) is 0. The number of ether oxygens (including phenoxy) is 3. The molecule has 0 bridgehead atoms. The fourth-order valence-electron chi connectivity index (χ4n) is 6.17. The molecular formula is C52H86O6. The topological polar surface area (TPSA) is 78.9 Å². The molecule has 0 radical (unpaired) electrons. The van der Waals surface area contributed by atoms with Gasteiger partial charge in [-0.25, -0.2) is 0 Å². The van der Waals surface area contributed by atoms with Gasteiger partial charge in [-0.2, -0.15) is 0 Å². The molecule has 0 saturated heterocycles. The van der Waals surface area contributed by atoms with Crippen molar-refractivity contribution < 1.29 is 28.6 Å². The Morgan fingerprint density at radius 2 is 0.707 bits per heavy atom. The van der Waals surface area contributed by atoms with Gasteiger partial charge in [0.15, 0.2) is 6.10 Å². The molecule has 0 aromatic heterocycles. The molecule has 6 heteroatoms. The van der Waals surface area contributed by atoms with Gasteiger partial charge in [-0.15, -0.1) is 0 Å². The normalized spacial score (nSPS) is 12.8. The zero-order valence-corrected chi connectivity index (χ0v) is 37.5. The Morgan fingerprint density at radius 3 is 1.12 bits per heavy atom. The number of hydrogen-bond acceptors (Lipinski definition) is 6. The molecule has 0 amide bonds. The average Bonchev–Trinajstić information content (AvgIpc) is 3.22. The summed E-state index contributed by atoms with van der Waals surface area (Å²) in [6.07, 6.45) is 58.6. The van der Waals surface area contributed by atoms with E-state index in [9.17, 15) is 14.4 Å². The Morgan fingerprint density at radius 1 is 0.362 bits per heavy atom. The van der Waals surface area contributed by atoms with E-state index in [4.69, 9.17) is 14.2 Å². The van der Waals surface area contributed by atoms with Gasteiger partial charge in [0.1, 0.15) is 13.2 Å². The molecule has 0 aliphatic heterocycles. The summed E-state index contributed by atoms with van der Waals surface area (Å²) >= 11 is 0. The van der Waals surface area contributed by atoms with Crippen LogP contribution >= 0.6 is 0 Å². The third-order valence-corrected chi connectivity index (χ3v) is 9.66. The van der Waals surface area contributed by atoms with Crippen molar-refractivity contribution in [1.82, 2.24) is 0 Å². The first kappa shape index (κ1) is 54.6. The highest BCUT2D eigenvalue weighted by atomic mass is 16.6. The number of carbonyl (C=O) groups is 3. The molecule has 330 valence electrons. The molecule has 58 heavy (non-hydrogen) atoms. The van der Waals surface area contributed by atoms with E-state index in [1.165, 1.54) is 57.8 Å². The Labute approximate surface area is 356 Å². The minimum atomic E-state index is -0.818. The van der Waals surface area contributed by atoms with Gasteiger partial charge in [0.2, 0.25) is 0 Å². The number of unbranched alkanes of at least 4 members (excludes halogenated alkanes) is 16. The lowest BCUT2D eigenvalue weighted by molar-refractivity contribution is -0.166. The third-order valence-electron chi connectivity index (χ3n) is 9.66. The maximum atomic E-state index is 12.7. The van der Waals surface area contributed by atoms with E-state index in [0.717, 1.165) is 103 Å². The van der Waals surface area contributed by atoms with Crippen molar-refractivity contribution in [2.24, 2.45) is 0 Å². The maximum Gasteiger partial charge on any atom is 0.306 e. The lowest BCUT2D eigenvalue weighted by atomic mass is 10.0. The van der Waals surface area contributed by atoms with E-state index in [1.54, 1.807) is 0 Å². The van der Waals surface area contributed by atoms with E-state index in [2.05, 4.69) is 93.7 Å². The number of allylic oxidation sites excluding steroid dienone is 14. The zero-order chi connectivity index (χ0) is 42.3. The molecule has 0 heterocycles. The predicted molar refractivity (Wildman–Crippen MR) is 247 cm³/mol. The molecular weight excluding hydrogens is 721 g/mol. The van der Waals surface area contributed by atoms with Crippen LogP contribution in [0.15, 0.2) is 85.1 Å². The van der Waals surface area contributed by atoms with Crippen molar-refractivity contribution >= 4 is 17.9 Å². The van der Waals surface area contributed by atoms with Crippen molar-refractivity contribution in [2.75, 3.05) is 13.2 Å². The minimum Gasteiger partial charge on any atom is -0.462 e. The van der Waals surface area contributed by atoms with Gasteiger partial charge >= 0.3 is 17.9 Å². The van der Waals surface area contributed by atoms with Crippen molar-refractivity contribution in [3.05, 3.63) is 85.1 Å². The van der Waals surface area contributed by atoms with E-state index in [1.807, 2.05) is 12.2 Å². The summed E-state index contributed by atoms with van der Waals surface area (Å²) in [6, 6.07) is 0. The lowest BCUT2D eigenvalue weighted by Gasteiger charge is -2.18. The Bertz CT molecular complexity index is 1160. The van der Waals surface area contributed by atoms with Crippen LogP contribution in [0.25, 0.3) is 0 Å². The van der Waals surface area contributed by atoms with Crippen LogP contribution in [0.5, 0.6) is 0 Å². The standard InChI is InChI=1S/C52H86O6/c1-4-7-10-13-16-19-22-25-26-28-30-33-36-39-42-45-51(54)57-48-49(47-56-50(53)44-41-38-35-32-29-24-21-18-15-12-9-6-3)58-52(55)46-43-40-37-34-31-27-23-20-17-14-11-8-5-2/h7-8,10-11,16-17,19-20,25-27,31,37,40,49H,4-6,9,12-15,18,21-24,28-30,32-36,38-39,41-48H2,1-3H3/b10-7-,11-8-,19-16-,20-17-,26-25-,31-27-,40-37-. The molecule has 0 saturated carbocycles. The van der Waals surface area contributed by atoms with Gasteiger partial charge in [-0.3, -0.25) is 14.4 Å². The van der Waals surface area contributed by atoms with Crippen LogP contribution in [0.2, 0.25) is 0 Å². The Kier molecular flexibility index (Phi) is 43.6. The first-order valence-corrected chi connectivity index (χ1v) is 23.6. The van der Waals surface area contributed by atoms with Gasteiger partial charge in [-0.05, 0) is 77.0 Å². The molecule has 0 aliphatic rings. The van der Waals surface area contributed by atoms with Gasteiger partial charge in [0, 0.05) is 19.3 Å². The van der Waals surface area contributed by atoms with E-state index >= 15 is 0 Å². The summed E-state index contributed by atoms with van der Waals surface area (Å²) in [7, 11) is 0. The van der Waals surface area contributed by atoms with E-state index < -0.39 is 12.1 Å². The fourth-order valence-corrected chi connectivity index (χ4v) is 6.17. The summed E-state index contributed by atoms with van der Waals surface area (Å²) in [5.41, 5.74) is 0. The average molecular weight is 807 g/mol. The van der Waals surface area contributed by atoms with Crippen LogP contribution in [-0.2, 0) is 28.6 Å². The quantitative estimate of drug-likeness (QED) is 0.0265. The second kappa shape index (κ2) is 46.3. The monoisotopic (exact) mass is 807 g/mol. The van der Waals surface area contributed by atoms with E-state index in [-0.39, 0.29) is 31.6 Å². The number of rotatable bonds is 41. The first-order valence-electron chi connectivity index (χ1n) is 23.6. The highest BCUT2D eigenvalue weighted by molar-refractivity contribution is 5.71. The molecule has 6 nitrogen and oxygen atoms in total. The second-order valence-corrected chi connectivity index (χ2v) is 15.3. The van der Waals surface area contributed by atoms with Gasteiger partial charge in [0.25, 0.3) is 0 Å². The van der Waals surface area contributed by atoms with Crippen LogP contribution in [-0.4, -0.2) is 37.2 Å². The van der Waals surface area contributed by atoms with Crippen LogP contribution in [0.4, 0.5) is 0 Å². The second-order valence-electron chi connectivity index (χ2n) is 15.3. The van der Waals surface area contributed by atoms with Gasteiger partial charge in [0.05, 0.1) is 0 Å². The SMILES string of the molecule is CC/C=C\C/C=C\C/C=C\C/C=C\CCC(=O)OC(COC(=O)CCCCCCC/C=C\C/C=C\C/C=C\CC)COC(=O)CCCCCCCCCCCCCC. The smallest absolute Gasteiger partial charge is 0.306 e. The van der Waals surface area contributed by atoms with Crippen LogP contribution in [0, 0.1) is 0 Å². The minimum absolute atomic E-state index is 0.110. The molecule has 0 spiro atoms. The molecule has 0 aromatic rings. The van der Waals surface area contributed by atoms with Crippen molar-refractivity contribution in [3.8, 4) is 0 Å². The fraction of sp³-hybridized carbons (Fsp3) is 0.673. The molecule has 0 N–H and O–H groups in total. The third kappa shape index (κ3) is 43.7. The highest BCUT2D eigenvalue weighted by Gasteiger charge is 2.19. The van der Waals surface area contributed by atoms with E-state index in [0.29, 0.717) is 19.3 Å². The molecule has 1 unspecified atom stereocenters. The molecule has 0 fully saturated rings. The van der Waals surface area contributed by atoms with Crippen molar-refractivity contribution in [3.63, 3.8) is 0 Å². The Balaban J connectivity index is 4.50. The van der Waals surface area contributed by atoms with Gasteiger partial charge < -0.3 is 14.2 Å². The Hall–Kier alpha value is -3.41. The van der Waals surface area contributed by atoms with Crippen molar-refractivity contribution in [2.45, 2.75) is 213 Å². The first-order chi connectivity index (χ1) is 28.5. The maximum absolute atomic E-state index is 12.7. The summed E-state index contributed by atoms with van der Waals surface area (Å²) < 4.78 is 16.6. The number of carbonyl (C=O) groups excluding carboxylic acids is 3. The molecule has 1 atom stereocenters. The molecule has 0 aliphatic carbocycles. The highest BCUT2D eigenvalue weighted by Crippen LogP contribution is 2.14. The van der Waals surface area contributed by atoms with Crippen LogP contribution < -0.4 is 0 Å². The van der Waals surface area contributed by atoms with Crippen LogP contribution in [0.3, 0.4) is 0 Å². The summed E-state index contributed by atoms with van der Waals surface area (Å²) in [5.74, 6) is -1.02. The number of esters is 3. The summed E-state index contributed by atoms with van der Waals surface area (Å²) in [4.78, 5) is 37.8. The zero-order valence-electron chi connectivity index (χ0n) is 37.5. The largest absolute Gasteiger partial charge is 0.462 e. The molecule has 0 rings (SSSR count).